The Labute approximate surface area is 215 Å². The van der Waals surface area contributed by atoms with Gasteiger partial charge in [0.1, 0.15) is 18.1 Å². The summed E-state index contributed by atoms with van der Waals surface area (Å²) in [6.45, 7) is -0.913. The summed E-state index contributed by atoms with van der Waals surface area (Å²) in [5.74, 6) is 4.81. The molecule has 202 valence electrons. The number of hydrogen-bond acceptors (Lipinski definition) is 12. The van der Waals surface area contributed by atoms with Crippen LogP contribution in [0.2, 0.25) is 0 Å². The molecular formula is C14H20IN4O14P3. The molecule has 8 N–H and O–H groups in total. The number of alkyl halides is 1. The first-order chi connectivity index (χ1) is 16.5. The molecule has 0 radical (unpaired) electrons. The number of carbonyl (C=O) groups is 1. The lowest BCUT2D eigenvalue weighted by Gasteiger charge is -2.19. The van der Waals surface area contributed by atoms with Gasteiger partial charge in [-0.05, 0) is 0 Å². The van der Waals surface area contributed by atoms with E-state index in [1.807, 2.05) is 22.6 Å². The molecule has 3 unspecified atom stereocenters. The van der Waals surface area contributed by atoms with Crippen molar-refractivity contribution in [2.24, 2.45) is 0 Å². The molecule has 0 bridgehead atoms. The third kappa shape index (κ3) is 9.91. The summed E-state index contributed by atoms with van der Waals surface area (Å²) in [6, 6.07) is 0. The molecule has 2 heterocycles. The first-order valence-electron chi connectivity index (χ1n) is 9.34. The number of phosphoric ester groups is 1. The summed E-state index contributed by atoms with van der Waals surface area (Å²) in [6.07, 6.45) is -2.92. The van der Waals surface area contributed by atoms with Crippen molar-refractivity contribution in [3.63, 3.8) is 0 Å². The maximum absolute atomic E-state index is 12.3. The van der Waals surface area contributed by atoms with Crippen molar-refractivity contribution in [3.05, 3.63) is 22.2 Å². The van der Waals surface area contributed by atoms with Gasteiger partial charge in [0.2, 0.25) is 5.91 Å². The van der Waals surface area contributed by atoms with E-state index in [9.17, 15) is 33.3 Å². The van der Waals surface area contributed by atoms with Crippen molar-refractivity contribution >= 4 is 57.8 Å². The predicted octanol–water partition coefficient (Wildman–Crippen LogP) is -1.28. The third-order valence-corrected chi connectivity index (χ3v) is 8.53. The Morgan fingerprint density at radius 2 is 1.94 bits per heavy atom. The molecule has 1 aromatic heterocycles. The number of nitrogens with two attached hydrogens (primary N) is 1. The fourth-order valence-corrected chi connectivity index (χ4v) is 5.92. The Morgan fingerprint density at radius 3 is 2.56 bits per heavy atom. The monoisotopic (exact) mass is 688 g/mol. The van der Waals surface area contributed by atoms with Crippen LogP contribution in [0.3, 0.4) is 0 Å². The van der Waals surface area contributed by atoms with Crippen LogP contribution in [-0.2, 0) is 36.4 Å². The lowest BCUT2D eigenvalue weighted by Crippen LogP contribution is -2.29. The lowest BCUT2D eigenvalue weighted by atomic mass is 10.2. The molecule has 0 spiro atoms. The van der Waals surface area contributed by atoms with Crippen LogP contribution < -0.4 is 16.7 Å². The minimum absolute atomic E-state index is 0.00170. The van der Waals surface area contributed by atoms with Crippen molar-refractivity contribution in [3.8, 4) is 11.8 Å². The van der Waals surface area contributed by atoms with Crippen molar-refractivity contribution in [1.82, 2.24) is 14.9 Å². The third-order valence-electron chi connectivity index (χ3n) is 4.03. The number of nitrogens with one attached hydrogen (secondary N) is 1. The standard InChI is InChI=1S/C14H20IN4O14P3/c15-5-11(21)17-3-1-2-8-6-19(14(22)18-13(8)16)12-4-9(20)10(31-12)7-30-35(26,27)33-36(28,29)32-34(23,24)25/h6,9-10,12,20H,3-5,7H2,(H,17,21)(H,26,27)(H,28,29)(H2,16,18,22)(H2,23,24,25)/t9?,10-,12-/m1/s1. The number of nitrogens with zero attached hydrogens (tertiary/aromatic N) is 2. The summed E-state index contributed by atoms with van der Waals surface area (Å²) in [5.41, 5.74) is 4.93. The highest BCUT2D eigenvalue weighted by Gasteiger charge is 2.43. The molecule has 0 aromatic carbocycles. The molecule has 1 fully saturated rings. The molecule has 1 saturated heterocycles. The molecule has 22 heteroatoms. The van der Waals surface area contributed by atoms with E-state index in [4.69, 9.17) is 25.2 Å². The lowest BCUT2D eigenvalue weighted by molar-refractivity contribution is -0.118. The minimum Gasteiger partial charge on any atom is -0.390 e. The molecule has 0 saturated carbocycles. The van der Waals surface area contributed by atoms with Gasteiger partial charge in [0.15, 0.2) is 0 Å². The summed E-state index contributed by atoms with van der Waals surface area (Å²) in [4.78, 5) is 62.8. The van der Waals surface area contributed by atoms with Gasteiger partial charge in [-0.1, -0.05) is 34.4 Å². The number of rotatable bonds is 10. The topological polar surface area (TPSA) is 279 Å². The van der Waals surface area contributed by atoms with Gasteiger partial charge in [-0.25, -0.2) is 18.5 Å². The molecule has 1 aliphatic heterocycles. The van der Waals surface area contributed by atoms with Gasteiger partial charge in [-0.15, -0.1) is 0 Å². The summed E-state index contributed by atoms with van der Waals surface area (Å²) >= 11 is 1.87. The number of halogens is 1. The average molecular weight is 688 g/mol. The minimum atomic E-state index is -5.71. The van der Waals surface area contributed by atoms with Crippen LogP contribution in [0.25, 0.3) is 0 Å². The SMILES string of the molecule is Nc1nc(=O)n([C@H]2CC(O)[C@@H](COP(=O)(O)OP(=O)(O)OP(=O)(O)O)O2)cc1C#CCNC(=O)CI. The first-order valence-corrected chi connectivity index (χ1v) is 15.4. The van der Waals surface area contributed by atoms with E-state index in [1.54, 1.807) is 0 Å². The second-order valence-corrected chi connectivity index (χ2v) is 11.9. The van der Waals surface area contributed by atoms with Gasteiger partial charge in [0.25, 0.3) is 0 Å². The highest BCUT2D eigenvalue weighted by atomic mass is 127. The van der Waals surface area contributed by atoms with Gasteiger partial charge < -0.3 is 40.5 Å². The maximum Gasteiger partial charge on any atom is 0.490 e. The van der Waals surface area contributed by atoms with Gasteiger partial charge in [0.05, 0.1) is 29.2 Å². The Kier molecular flexibility index (Phi) is 10.8. The van der Waals surface area contributed by atoms with E-state index < -0.39 is 54.2 Å². The smallest absolute Gasteiger partial charge is 0.390 e. The van der Waals surface area contributed by atoms with E-state index in [-0.39, 0.29) is 34.7 Å². The number of ether oxygens (including phenoxy) is 1. The van der Waals surface area contributed by atoms with E-state index in [0.29, 0.717) is 0 Å². The number of aliphatic hydroxyl groups excluding tert-OH is 1. The Hall–Kier alpha value is -1.23. The Bertz CT molecular complexity index is 1240. The zero-order chi connectivity index (χ0) is 27.3. The fraction of sp³-hybridized carbons (Fsp3) is 0.500. The number of aromatic nitrogens is 2. The predicted molar refractivity (Wildman–Crippen MR) is 126 cm³/mol. The molecule has 1 aromatic rings. The Balaban J connectivity index is 2.07. The van der Waals surface area contributed by atoms with Crippen molar-refractivity contribution in [2.75, 3.05) is 23.3 Å². The maximum atomic E-state index is 12.3. The van der Waals surface area contributed by atoms with Crippen LogP contribution in [0, 0.1) is 11.8 Å². The summed E-state index contributed by atoms with van der Waals surface area (Å²) in [7, 11) is -16.7. The molecular weight excluding hydrogens is 668 g/mol. The van der Waals surface area contributed by atoms with Gasteiger partial charge in [-0.2, -0.15) is 13.6 Å². The normalized spacial score (nSPS) is 23.2. The fourth-order valence-electron chi connectivity index (χ4n) is 2.62. The van der Waals surface area contributed by atoms with Crippen molar-refractivity contribution in [2.45, 2.75) is 24.9 Å². The van der Waals surface area contributed by atoms with Gasteiger partial charge in [0, 0.05) is 12.6 Å². The number of anilines is 1. The second-order valence-electron chi connectivity index (χ2n) is 6.76. The van der Waals surface area contributed by atoms with E-state index >= 15 is 0 Å². The van der Waals surface area contributed by atoms with E-state index in [0.717, 1.165) is 4.57 Å². The molecule has 1 aliphatic rings. The average Bonchev–Trinajstić information content (AvgIpc) is 3.08. The van der Waals surface area contributed by atoms with Gasteiger partial charge >= 0.3 is 29.2 Å². The zero-order valence-corrected chi connectivity index (χ0v) is 22.6. The van der Waals surface area contributed by atoms with Crippen LogP contribution in [0.1, 0.15) is 18.2 Å². The second kappa shape index (κ2) is 12.5. The summed E-state index contributed by atoms with van der Waals surface area (Å²) < 4.78 is 52.1. The van der Waals surface area contributed by atoms with Crippen molar-refractivity contribution in [1.29, 1.82) is 0 Å². The molecule has 1 amide bonds. The van der Waals surface area contributed by atoms with Crippen LogP contribution in [0.4, 0.5) is 5.82 Å². The van der Waals surface area contributed by atoms with Crippen LogP contribution >= 0.6 is 46.1 Å². The highest BCUT2D eigenvalue weighted by molar-refractivity contribution is 14.1. The number of phosphoric acid groups is 3. The zero-order valence-electron chi connectivity index (χ0n) is 17.7. The number of aliphatic hydroxyl groups is 1. The Morgan fingerprint density at radius 1 is 1.28 bits per heavy atom. The molecule has 36 heavy (non-hydrogen) atoms. The van der Waals surface area contributed by atoms with Crippen LogP contribution in [-0.4, -0.2) is 69.9 Å². The van der Waals surface area contributed by atoms with E-state index in [2.05, 4.69) is 35.3 Å². The highest BCUT2D eigenvalue weighted by Crippen LogP contribution is 2.66. The number of amides is 1. The van der Waals surface area contributed by atoms with E-state index in [1.165, 1.54) is 6.20 Å². The molecule has 5 atom stereocenters. The molecule has 2 rings (SSSR count). The largest absolute Gasteiger partial charge is 0.490 e. The number of nitrogen functional groups attached to an aromatic ring is 1. The molecule has 0 aliphatic carbocycles. The summed E-state index contributed by atoms with van der Waals surface area (Å²) in [5, 5.41) is 12.7. The number of carbonyl (C=O) groups excluding carboxylic acids is 1. The van der Waals surface area contributed by atoms with Crippen LogP contribution in [0.15, 0.2) is 11.0 Å². The quantitative estimate of drug-likeness (QED) is 0.0652. The molecule has 18 nitrogen and oxygen atoms in total. The first kappa shape index (κ1) is 31.0. The van der Waals surface area contributed by atoms with Crippen LogP contribution in [0.5, 0.6) is 0 Å². The van der Waals surface area contributed by atoms with Gasteiger partial charge in [-0.3, -0.25) is 13.9 Å². The number of hydrogen-bond donors (Lipinski definition) is 7. The van der Waals surface area contributed by atoms with Crippen molar-refractivity contribution < 1.29 is 61.1 Å².